The summed E-state index contributed by atoms with van der Waals surface area (Å²) in [6, 6.07) is 0.634. The van der Waals surface area contributed by atoms with Gasteiger partial charge in [0.2, 0.25) is 0 Å². The van der Waals surface area contributed by atoms with Gasteiger partial charge < -0.3 is 5.73 Å². The minimum atomic E-state index is 0.634. The summed E-state index contributed by atoms with van der Waals surface area (Å²) in [6.07, 6.45) is 6.40. The third-order valence-electron chi connectivity index (χ3n) is 3.56. The number of nitrogens with two attached hydrogens (primary N) is 1. The summed E-state index contributed by atoms with van der Waals surface area (Å²) in [6.45, 7) is 0. The predicted octanol–water partition coefficient (Wildman–Crippen LogP) is 2.37. The quantitative estimate of drug-likeness (QED) is 0.795. The van der Waals surface area contributed by atoms with Gasteiger partial charge in [-0.05, 0) is 25.0 Å². The van der Waals surface area contributed by atoms with Crippen LogP contribution in [0.5, 0.6) is 0 Å². The molecule has 2 N–H and O–H groups in total. The summed E-state index contributed by atoms with van der Waals surface area (Å²) in [5.41, 5.74) is 8.74. The molecule has 1 aromatic heterocycles. The van der Waals surface area contributed by atoms with Crippen molar-refractivity contribution in [1.29, 1.82) is 0 Å². The lowest BCUT2D eigenvalue weighted by Crippen LogP contribution is -2.12. The Bertz CT molecular complexity index is 366. The molecule has 0 amide bonds. The van der Waals surface area contributed by atoms with E-state index in [1.807, 2.05) is 11.8 Å². The third-order valence-corrected chi connectivity index (χ3v) is 4.53. The van der Waals surface area contributed by atoms with Gasteiger partial charge in [0.25, 0.3) is 0 Å². The van der Waals surface area contributed by atoms with E-state index in [2.05, 4.69) is 9.78 Å². The summed E-state index contributed by atoms with van der Waals surface area (Å²) in [4.78, 5) is 0. The maximum Gasteiger partial charge on any atom is 0.148 e. The first-order valence-corrected chi connectivity index (χ1v) is 6.95. The summed E-state index contributed by atoms with van der Waals surface area (Å²) in [5, 5.41) is 4.56. The Hall–Kier alpha value is -0.640. The van der Waals surface area contributed by atoms with Crippen molar-refractivity contribution in [2.24, 2.45) is 0 Å². The predicted molar refractivity (Wildman–Crippen MR) is 64.0 cm³/mol. The Morgan fingerprint density at radius 1 is 1.33 bits per heavy atom. The molecule has 0 saturated heterocycles. The van der Waals surface area contributed by atoms with Gasteiger partial charge in [-0.1, -0.05) is 12.8 Å². The van der Waals surface area contributed by atoms with Gasteiger partial charge in [-0.3, -0.25) is 4.68 Å². The second kappa shape index (κ2) is 3.74. The number of rotatable bonds is 1. The van der Waals surface area contributed by atoms with Crippen molar-refractivity contribution < 1.29 is 0 Å². The minimum absolute atomic E-state index is 0.634. The highest BCUT2D eigenvalue weighted by atomic mass is 32.2. The zero-order valence-electron chi connectivity index (χ0n) is 8.91. The van der Waals surface area contributed by atoms with Gasteiger partial charge in [-0.15, -0.1) is 0 Å². The number of nitrogens with zero attached hydrogens (tertiary/aromatic N) is 2. The standard InChI is InChI=1S/C11H17N3S/c12-11-9-5-6-15-7-10(9)14(13-11)8-3-1-2-4-8/h8H,1-7H2,(H2,12,13). The Morgan fingerprint density at radius 3 is 2.93 bits per heavy atom. The molecule has 3 nitrogen and oxygen atoms in total. The number of hydrogen-bond acceptors (Lipinski definition) is 3. The van der Waals surface area contributed by atoms with E-state index in [4.69, 9.17) is 5.73 Å². The van der Waals surface area contributed by atoms with Gasteiger partial charge in [-0.2, -0.15) is 16.9 Å². The fraction of sp³-hybridized carbons (Fsp3) is 0.727. The molecule has 0 unspecified atom stereocenters. The van der Waals surface area contributed by atoms with Crippen LogP contribution in [0.1, 0.15) is 43.0 Å². The maximum atomic E-state index is 5.99. The molecule has 3 rings (SSSR count). The lowest BCUT2D eigenvalue weighted by Gasteiger charge is -2.17. The van der Waals surface area contributed by atoms with Gasteiger partial charge in [0.05, 0.1) is 11.7 Å². The third kappa shape index (κ3) is 1.55. The lowest BCUT2D eigenvalue weighted by molar-refractivity contribution is 0.456. The van der Waals surface area contributed by atoms with Gasteiger partial charge in [0.15, 0.2) is 0 Å². The summed E-state index contributed by atoms with van der Waals surface area (Å²) in [5.74, 6) is 3.10. The zero-order chi connectivity index (χ0) is 10.3. The van der Waals surface area contributed by atoms with Crippen molar-refractivity contribution in [2.75, 3.05) is 11.5 Å². The van der Waals surface area contributed by atoms with Crippen molar-refractivity contribution in [3.05, 3.63) is 11.3 Å². The van der Waals surface area contributed by atoms with Crippen LogP contribution in [0, 0.1) is 0 Å². The van der Waals surface area contributed by atoms with Gasteiger partial charge in [0, 0.05) is 11.3 Å². The van der Waals surface area contributed by atoms with E-state index in [0.29, 0.717) is 6.04 Å². The molecule has 1 fully saturated rings. The Kier molecular flexibility index (Phi) is 2.39. The molecule has 1 aliphatic carbocycles. The van der Waals surface area contributed by atoms with E-state index in [0.717, 1.165) is 18.0 Å². The van der Waals surface area contributed by atoms with Crippen LogP contribution < -0.4 is 5.73 Å². The van der Waals surface area contributed by atoms with Crippen molar-refractivity contribution >= 4 is 17.6 Å². The molecule has 4 heteroatoms. The average molecular weight is 223 g/mol. The maximum absolute atomic E-state index is 5.99. The monoisotopic (exact) mass is 223 g/mol. The topological polar surface area (TPSA) is 43.8 Å². The van der Waals surface area contributed by atoms with Gasteiger partial charge >= 0.3 is 0 Å². The lowest BCUT2D eigenvalue weighted by atomic mass is 10.1. The first-order chi connectivity index (χ1) is 7.36. The van der Waals surface area contributed by atoms with Crippen LogP contribution in [-0.2, 0) is 12.2 Å². The summed E-state index contributed by atoms with van der Waals surface area (Å²) >= 11 is 2.01. The molecule has 0 atom stereocenters. The molecule has 1 aromatic rings. The molecular weight excluding hydrogens is 206 g/mol. The fourth-order valence-corrected chi connectivity index (χ4v) is 3.74. The van der Waals surface area contributed by atoms with Crippen molar-refractivity contribution in [3.8, 4) is 0 Å². The van der Waals surface area contributed by atoms with E-state index in [-0.39, 0.29) is 0 Å². The van der Waals surface area contributed by atoms with E-state index < -0.39 is 0 Å². The Morgan fingerprint density at radius 2 is 2.13 bits per heavy atom. The second-order valence-electron chi connectivity index (χ2n) is 4.50. The van der Waals surface area contributed by atoms with Crippen LogP contribution in [0.3, 0.4) is 0 Å². The highest BCUT2D eigenvalue weighted by molar-refractivity contribution is 7.98. The van der Waals surface area contributed by atoms with E-state index >= 15 is 0 Å². The molecule has 1 saturated carbocycles. The molecular formula is C11H17N3S. The summed E-state index contributed by atoms with van der Waals surface area (Å²) in [7, 11) is 0. The molecule has 1 aliphatic heterocycles. The molecule has 0 radical (unpaired) electrons. The highest BCUT2D eigenvalue weighted by Crippen LogP contribution is 2.35. The van der Waals surface area contributed by atoms with Crippen LogP contribution in [-0.4, -0.2) is 15.5 Å². The van der Waals surface area contributed by atoms with Gasteiger partial charge in [0.1, 0.15) is 5.82 Å². The average Bonchev–Trinajstić information content (AvgIpc) is 2.87. The first-order valence-electron chi connectivity index (χ1n) is 5.80. The number of aromatic nitrogens is 2. The van der Waals surface area contributed by atoms with E-state index in [9.17, 15) is 0 Å². The van der Waals surface area contributed by atoms with Crippen molar-refractivity contribution in [2.45, 2.75) is 43.9 Å². The Labute approximate surface area is 94.4 Å². The Balaban J connectivity index is 1.99. The number of thioether (sulfide) groups is 1. The normalized spacial score (nSPS) is 21.9. The molecule has 0 bridgehead atoms. The van der Waals surface area contributed by atoms with Crippen molar-refractivity contribution in [1.82, 2.24) is 9.78 Å². The summed E-state index contributed by atoms with van der Waals surface area (Å²) < 4.78 is 2.24. The SMILES string of the molecule is Nc1nn(C2CCCC2)c2c1CCSC2. The molecule has 2 aliphatic rings. The molecule has 0 aromatic carbocycles. The zero-order valence-corrected chi connectivity index (χ0v) is 9.72. The van der Waals surface area contributed by atoms with E-state index in [1.54, 1.807) is 0 Å². The van der Waals surface area contributed by atoms with Crippen LogP contribution in [0.4, 0.5) is 5.82 Å². The van der Waals surface area contributed by atoms with E-state index in [1.165, 1.54) is 42.7 Å². The number of anilines is 1. The smallest absolute Gasteiger partial charge is 0.148 e. The highest BCUT2D eigenvalue weighted by Gasteiger charge is 2.25. The largest absolute Gasteiger partial charge is 0.382 e. The molecule has 82 valence electrons. The fourth-order valence-electron chi connectivity index (χ4n) is 2.74. The molecule has 0 spiro atoms. The number of fused-ring (bicyclic) bond motifs is 1. The second-order valence-corrected chi connectivity index (χ2v) is 5.60. The minimum Gasteiger partial charge on any atom is -0.382 e. The van der Waals surface area contributed by atoms with Gasteiger partial charge in [-0.25, -0.2) is 0 Å². The van der Waals surface area contributed by atoms with Crippen LogP contribution >= 0.6 is 11.8 Å². The van der Waals surface area contributed by atoms with Crippen molar-refractivity contribution in [3.63, 3.8) is 0 Å². The van der Waals surface area contributed by atoms with Crippen LogP contribution in [0.15, 0.2) is 0 Å². The van der Waals surface area contributed by atoms with Crippen LogP contribution in [0.25, 0.3) is 0 Å². The first kappa shape index (κ1) is 9.58. The van der Waals surface area contributed by atoms with Crippen LogP contribution in [0.2, 0.25) is 0 Å². The number of hydrogen-bond donors (Lipinski definition) is 1. The molecule has 15 heavy (non-hydrogen) atoms. The number of nitrogen functional groups attached to an aromatic ring is 1. The molecule has 2 heterocycles.